The van der Waals surface area contributed by atoms with Crippen LogP contribution in [-0.4, -0.2) is 41.3 Å². The Morgan fingerprint density at radius 3 is 2.63 bits per heavy atom. The number of hydrogen-bond donors (Lipinski definition) is 3. The second kappa shape index (κ2) is 7.38. The molecule has 0 unspecified atom stereocenters. The summed E-state index contributed by atoms with van der Waals surface area (Å²) in [5, 5.41) is 20.9. The van der Waals surface area contributed by atoms with Crippen molar-refractivity contribution in [1.29, 1.82) is 0 Å². The van der Waals surface area contributed by atoms with Crippen LogP contribution in [-0.2, 0) is 9.53 Å². The standard InChI is InChI=1S/C13H17NO5/c1-2-7-19-13(18)10(8-15)14-12(17)9-5-3-4-6-11(9)16/h3-6,10,15-16H,2,7-8H2,1H3,(H,14,17)/t10-/m0/s1. The smallest absolute Gasteiger partial charge is 0.331 e. The van der Waals surface area contributed by atoms with Crippen LogP contribution in [0.1, 0.15) is 23.7 Å². The molecular weight excluding hydrogens is 250 g/mol. The molecule has 1 aromatic carbocycles. The van der Waals surface area contributed by atoms with Crippen molar-refractivity contribution in [3.8, 4) is 5.75 Å². The topological polar surface area (TPSA) is 95.9 Å². The number of ether oxygens (including phenoxy) is 1. The van der Waals surface area contributed by atoms with Crippen LogP contribution in [0.2, 0.25) is 0 Å². The lowest BCUT2D eigenvalue weighted by atomic mass is 10.1. The number of rotatable bonds is 6. The van der Waals surface area contributed by atoms with Crippen LogP contribution in [0, 0.1) is 0 Å². The van der Waals surface area contributed by atoms with E-state index >= 15 is 0 Å². The van der Waals surface area contributed by atoms with Gasteiger partial charge in [-0.2, -0.15) is 0 Å². The summed E-state index contributed by atoms with van der Waals surface area (Å²) in [6, 6.07) is 4.79. The van der Waals surface area contributed by atoms with Gasteiger partial charge in [-0.1, -0.05) is 19.1 Å². The normalized spacial score (nSPS) is 11.7. The molecular formula is C13H17NO5. The molecule has 1 amide bonds. The number of hydrogen-bond acceptors (Lipinski definition) is 5. The number of esters is 1. The van der Waals surface area contributed by atoms with Gasteiger partial charge in [0.1, 0.15) is 5.75 Å². The molecule has 6 heteroatoms. The van der Waals surface area contributed by atoms with Crippen molar-refractivity contribution >= 4 is 11.9 Å². The van der Waals surface area contributed by atoms with Crippen LogP contribution >= 0.6 is 0 Å². The summed E-state index contributed by atoms with van der Waals surface area (Å²) in [5.41, 5.74) is 0.0317. The van der Waals surface area contributed by atoms with Crippen molar-refractivity contribution in [2.24, 2.45) is 0 Å². The summed E-state index contributed by atoms with van der Waals surface area (Å²) in [5.74, 6) is -1.54. The molecule has 0 heterocycles. The van der Waals surface area contributed by atoms with Gasteiger partial charge in [0, 0.05) is 0 Å². The van der Waals surface area contributed by atoms with Crippen molar-refractivity contribution in [2.75, 3.05) is 13.2 Å². The largest absolute Gasteiger partial charge is 0.507 e. The number of phenolic OH excluding ortho intramolecular Hbond substituents is 1. The first-order chi connectivity index (χ1) is 9.10. The number of nitrogens with one attached hydrogen (secondary N) is 1. The highest BCUT2D eigenvalue weighted by atomic mass is 16.5. The predicted octanol–water partition coefficient (Wildman–Crippen LogP) is 0.436. The summed E-state index contributed by atoms with van der Waals surface area (Å²) in [4.78, 5) is 23.3. The molecule has 1 rings (SSSR count). The van der Waals surface area contributed by atoms with E-state index < -0.39 is 24.5 Å². The molecule has 1 atom stereocenters. The van der Waals surface area contributed by atoms with Gasteiger partial charge in [0.25, 0.3) is 5.91 Å². The van der Waals surface area contributed by atoms with E-state index in [0.29, 0.717) is 6.42 Å². The molecule has 6 nitrogen and oxygen atoms in total. The van der Waals surface area contributed by atoms with E-state index in [-0.39, 0.29) is 17.9 Å². The number of carbonyl (C=O) groups is 2. The summed E-state index contributed by atoms with van der Waals surface area (Å²) in [7, 11) is 0. The highest BCUT2D eigenvalue weighted by molar-refractivity contribution is 5.98. The third kappa shape index (κ3) is 4.26. The summed E-state index contributed by atoms with van der Waals surface area (Å²) < 4.78 is 4.84. The highest BCUT2D eigenvalue weighted by Crippen LogP contribution is 2.15. The molecule has 0 bridgehead atoms. The molecule has 0 aliphatic rings. The quantitative estimate of drug-likeness (QED) is 0.650. The number of aliphatic hydroxyl groups is 1. The molecule has 3 N–H and O–H groups in total. The van der Waals surface area contributed by atoms with Crippen LogP contribution in [0.5, 0.6) is 5.75 Å². The van der Waals surface area contributed by atoms with Crippen molar-refractivity contribution in [1.82, 2.24) is 5.32 Å². The Morgan fingerprint density at radius 2 is 2.05 bits per heavy atom. The van der Waals surface area contributed by atoms with E-state index in [4.69, 9.17) is 9.84 Å². The van der Waals surface area contributed by atoms with Crippen molar-refractivity contribution in [2.45, 2.75) is 19.4 Å². The minimum absolute atomic E-state index is 0.0317. The Balaban J connectivity index is 2.68. The first-order valence-corrected chi connectivity index (χ1v) is 5.96. The number of benzene rings is 1. The molecule has 1 aromatic rings. The molecule has 0 aliphatic carbocycles. The minimum atomic E-state index is -1.14. The van der Waals surface area contributed by atoms with Gasteiger partial charge in [0.05, 0.1) is 18.8 Å². The Hall–Kier alpha value is -2.08. The zero-order chi connectivity index (χ0) is 14.3. The molecule has 0 saturated heterocycles. The molecule has 104 valence electrons. The van der Waals surface area contributed by atoms with Gasteiger partial charge >= 0.3 is 5.97 Å². The van der Waals surface area contributed by atoms with Crippen LogP contribution in [0.15, 0.2) is 24.3 Å². The number of aliphatic hydroxyl groups excluding tert-OH is 1. The first-order valence-electron chi connectivity index (χ1n) is 5.96. The Morgan fingerprint density at radius 1 is 1.37 bits per heavy atom. The fraction of sp³-hybridized carbons (Fsp3) is 0.385. The van der Waals surface area contributed by atoms with Crippen LogP contribution in [0.4, 0.5) is 0 Å². The summed E-state index contributed by atoms with van der Waals surface area (Å²) in [6.45, 7) is 1.49. The summed E-state index contributed by atoms with van der Waals surface area (Å²) in [6.07, 6.45) is 0.650. The van der Waals surface area contributed by atoms with E-state index in [1.54, 1.807) is 12.1 Å². The predicted molar refractivity (Wildman–Crippen MR) is 67.7 cm³/mol. The maximum absolute atomic E-state index is 11.8. The number of phenols is 1. The van der Waals surface area contributed by atoms with Gasteiger partial charge in [-0.25, -0.2) is 4.79 Å². The van der Waals surface area contributed by atoms with E-state index in [9.17, 15) is 14.7 Å². The van der Waals surface area contributed by atoms with Gasteiger partial charge in [0.15, 0.2) is 6.04 Å². The van der Waals surface area contributed by atoms with E-state index in [1.807, 2.05) is 6.92 Å². The average molecular weight is 267 g/mol. The lowest BCUT2D eigenvalue weighted by Crippen LogP contribution is -2.44. The molecule has 0 saturated carbocycles. The van der Waals surface area contributed by atoms with Gasteiger partial charge in [-0.15, -0.1) is 0 Å². The molecule has 19 heavy (non-hydrogen) atoms. The number of carbonyl (C=O) groups excluding carboxylic acids is 2. The van der Waals surface area contributed by atoms with Crippen molar-refractivity contribution < 1.29 is 24.5 Å². The second-order valence-electron chi connectivity index (χ2n) is 3.89. The van der Waals surface area contributed by atoms with Crippen molar-refractivity contribution in [3.05, 3.63) is 29.8 Å². The van der Waals surface area contributed by atoms with Gasteiger partial charge < -0.3 is 20.3 Å². The first kappa shape index (κ1) is 15.0. The van der Waals surface area contributed by atoms with Gasteiger partial charge in [-0.05, 0) is 18.6 Å². The molecule has 0 fully saturated rings. The van der Waals surface area contributed by atoms with E-state index in [2.05, 4.69) is 5.32 Å². The van der Waals surface area contributed by atoms with E-state index in [1.165, 1.54) is 12.1 Å². The third-order valence-corrected chi connectivity index (χ3v) is 2.37. The second-order valence-corrected chi connectivity index (χ2v) is 3.89. The summed E-state index contributed by atoms with van der Waals surface area (Å²) >= 11 is 0. The highest BCUT2D eigenvalue weighted by Gasteiger charge is 2.22. The Bertz CT molecular complexity index is 446. The number of amides is 1. The van der Waals surface area contributed by atoms with Crippen molar-refractivity contribution in [3.63, 3.8) is 0 Å². The lowest BCUT2D eigenvalue weighted by Gasteiger charge is -2.15. The Labute approximate surface area is 111 Å². The maximum atomic E-state index is 11.8. The fourth-order valence-corrected chi connectivity index (χ4v) is 1.38. The zero-order valence-electron chi connectivity index (χ0n) is 10.6. The molecule has 0 radical (unpaired) electrons. The number of aromatic hydroxyl groups is 1. The van der Waals surface area contributed by atoms with E-state index in [0.717, 1.165) is 0 Å². The average Bonchev–Trinajstić information content (AvgIpc) is 2.42. The lowest BCUT2D eigenvalue weighted by molar-refractivity contribution is -0.146. The van der Waals surface area contributed by atoms with Crippen LogP contribution in [0.25, 0.3) is 0 Å². The van der Waals surface area contributed by atoms with Gasteiger partial charge in [0.2, 0.25) is 0 Å². The molecule has 0 aromatic heterocycles. The fourth-order valence-electron chi connectivity index (χ4n) is 1.38. The molecule has 0 aliphatic heterocycles. The SMILES string of the molecule is CCCOC(=O)[C@H](CO)NC(=O)c1ccccc1O. The zero-order valence-corrected chi connectivity index (χ0v) is 10.6. The van der Waals surface area contributed by atoms with Crippen LogP contribution in [0.3, 0.4) is 0 Å². The molecule has 0 spiro atoms. The minimum Gasteiger partial charge on any atom is -0.507 e. The maximum Gasteiger partial charge on any atom is 0.331 e. The monoisotopic (exact) mass is 267 g/mol. The van der Waals surface area contributed by atoms with Crippen LogP contribution < -0.4 is 5.32 Å². The third-order valence-electron chi connectivity index (χ3n) is 2.37. The Kier molecular flexibility index (Phi) is 5.81. The number of para-hydroxylation sites is 1. The van der Waals surface area contributed by atoms with Gasteiger partial charge in [-0.3, -0.25) is 4.79 Å².